The summed E-state index contributed by atoms with van der Waals surface area (Å²) in [7, 11) is -4.26. The van der Waals surface area contributed by atoms with Crippen molar-refractivity contribution < 1.29 is 36.7 Å². The van der Waals surface area contributed by atoms with Crippen molar-refractivity contribution in [1.82, 2.24) is 0 Å². The van der Waals surface area contributed by atoms with E-state index < -0.39 is 46.8 Å². The zero-order valence-electron chi connectivity index (χ0n) is 17.5. The second-order valence-electron chi connectivity index (χ2n) is 7.22. The van der Waals surface area contributed by atoms with Crippen LogP contribution in [0.25, 0.3) is 0 Å². The van der Waals surface area contributed by atoms with Crippen LogP contribution in [0.5, 0.6) is 0 Å². The first kappa shape index (κ1) is 23.4. The minimum atomic E-state index is -4.26. The Hall–Kier alpha value is -2.30. The Bertz CT molecular complexity index is 974. The van der Waals surface area contributed by atoms with Crippen molar-refractivity contribution in [3.8, 4) is 0 Å². The van der Waals surface area contributed by atoms with Gasteiger partial charge in [-0.25, -0.2) is 4.79 Å². The molecular weight excluding hydrogens is 424 g/mol. The van der Waals surface area contributed by atoms with E-state index in [1.54, 1.807) is 56.3 Å². The summed E-state index contributed by atoms with van der Waals surface area (Å²) in [6.07, 6.45) is -6.04. The van der Waals surface area contributed by atoms with Gasteiger partial charge in [0.15, 0.2) is 18.5 Å². The van der Waals surface area contributed by atoms with Gasteiger partial charge in [-0.15, -0.1) is 0 Å². The van der Waals surface area contributed by atoms with Crippen LogP contribution < -0.4 is 0 Å². The second kappa shape index (κ2) is 9.88. The molecule has 3 rings (SSSR count). The van der Waals surface area contributed by atoms with E-state index in [1.165, 1.54) is 12.1 Å². The Morgan fingerprint density at radius 1 is 1.06 bits per heavy atom. The zero-order chi connectivity index (χ0) is 22.6. The number of rotatable bonds is 7. The van der Waals surface area contributed by atoms with Gasteiger partial charge in [-0.05, 0) is 45.0 Å². The number of ether oxygens (including phenoxy) is 3. The van der Waals surface area contributed by atoms with Crippen molar-refractivity contribution in [2.24, 2.45) is 0 Å². The normalized spacial score (nSPS) is 26.4. The predicted molar refractivity (Wildman–Crippen MR) is 111 cm³/mol. The largest absolute Gasteiger partial charge is 0.453 e. The SMILES string of the molecule is CCO[C@H]1O[C@@H](C)[C@H](O)[C@@H](OC(=O)c2ccccc2)[C@H]1OS(=O)(=O)c1ccc(C)cc1. The van der Waals surface area contributed by atoms with E-state index in [0.717, 1.165) is 5.56 Å². The molecule has 1 aliphatic heterocycles. The Kier molecular flexibility index (Phi) is 7.45. The highest BCUT2D eigenvalue weighted by Gasteiger charge is 2.49. The minimum Gasteiger partial charge on any atom is -0.453 e. The average Bonchev–Trinajstić information content (AvgIpc) is 2.75. The van der Waals surface area contributed by atoms with Crippen LogP contribution in [0.3, 0.4) is 0 Å². The molecule has 0 saturated carbocycles. The van der Waals surface area contributed by atoms with E-state index in [2.05, 4.69) is 0 Å². The van der Waals surface area contributed by atoms with Gasteiger partial charge >= 0.3 is 5.97 Å². The first-order valence-electron chi connectivity index (χ1n) is 9.94. The van der Waals surface area contributed by atoms with Crippen LogP contribution >= 0.6 is 0 Å². The van der Waals surface area contributed by atoms with E-state index in [-0.39, 0.29) is 17.1 Å². The molecule has 9 heteroatoms. The lowest BCUT2D eigenvalue weighted by molar-refractivity contribution is -0.284. The highest BCUT2D eigenvalue weighted by Crippen LogP contribution is 2.30. The highest BCUT2D eigenvalue weighted by molar-refractivity contribution is 7.86. The summed E-state index contributed by atoms with van der Waals surface area (Å²) >= 11 is 0. The average molecular weight is 451 g/mol. The zero-order valence-corrected chi connectivity index (χ0v) is 18.3. The van der Waals surface area contributed by atoms with Crippen molar-refractivity contribution in [3.05, 3.63) is 65.7 Å². The Labute approximate surface area is 181 Å². The van der Waals surface area contributed by atoms with Crippen molar-refractivity contribution in [1.29, 1.82) is 0 Å². The third-order valence-electron chi connectivity index (χ3n) is 4.89. The number of carbonyl (C=O) groups is 1. The lowest BCUT2D eigenvalue weighted by atomic mass is 9.99. The number of aliphatic hydroxyl groups is 1. The summed E-state index contributed by atoms with van der Waals surface area (Å²) in [5.41, 5.74) is 1.13. The monoisotopic (exact) mass is 450 g/mol. The molecule has 0 bridgehead atoms. The quantitative estimate of drug-likeness (QED) is 0.506. The van der Waals surface area contributed by atoms with Crippen LogP contribution in [-0.2, 0) is 28.5 Å². The van der Waals surface area contributed by atoms with Crippen molar-refractivity contribution >= 4 is 16.1 Å². The van der Waals surface area contributed by atoms with Crippen LogP contribution in [0, 0.1) is 6.92 Å². The summed E-state index contributed by atoms with van der Waals surface area (Å²) in [4.78, 5) is 12.6. The summed E-state index contributed by atoms with van der Waals surface area (Å²) in [5, 5.41) is 10.7. The number of hydrogen-bond acceptors (Lipinski definition) is 8. The molecule has 8 nitrogen and oxygen atoms in total. The van der Waals surface area contributed by atoms with Crippen molar-refractivity contribution in [2.45, 2.75) is 56.4 Å². The van der Waals surface area contributed by atoms with E-state index in [0.29, 0.717) is 0 Å². The number of carbonyl (C=O) groups excluding carboxylic acids is 1. The van der Waals surface area contributed by atoms with Crippen molar-refractivity contribution in [2.75, 3.05) is 6.61 Å². The van der Waals surface area contributed by atoms with Gasteiger partial charge in [-0.1, -0.05) is 35.9 Å². The smallest absolute Gasteiger partial charge is 0.338 e. The van der Waals surface area contributed by atoms with E-state index >= 15 is 0 Å². The van der Waals surface area contributed by atoms with Crippen LogP contribution in [0.1, 0.15) is 29.8 Å². The fourth-order valence-corrected chi connectivity index (χ4v) is 4.27. The molecule has 0 spiro atoms. The molecule has 1 heterocycles. The molecule has 1 fully saturated rings. The summed E-state index contributed by atoms with van der Waals surface area (Å²) in [6, 6.07) is 14.3. The highest BCUT2D eigenvalue weighted by atomic mass is 32.2. The maximum absolute atomic E-state index is 12.9. The molecule has 0 unspecified atom stereocenters. The first-order valence-corrected chi connectivity index (χ1v) is 11.3. The van der Waals surface area contributed by atoms with Crippen LogP contribution in [0.4, 0.5) is 0 Å². The molecule has 5 atom stereocenters. The molecule has 0 aromatic heterocycles. The molecule has 1 N–H and O–H groups in total. The Balaban J connectivity index is 1.92. The minimum absolute atomic E-state index is 0.0744. The third kappa shape index (κ3) is 5.50. The molecule has 1 aliphatic rings. The maximum Gasteiger partial charge on any atom is 0.338 e. The first-order chi connectivity index (χ1) is 14.7. The third-order valence-corrected chi connectivity index (χ3v) is 6.21. The number of esters is 1. The van der Waals surface area contributed by atoms with Crippen molar-refractivity contribution in [3.63, 3.8) is 0 Å². The fraction of sp³-hybridized carbons (Fsp3) is 0.409. The standard InChI is InChI=1S/C22H26O8S/c1-4-27-22-20(30-31(25,26)17-12-10-14(2)11-13-17)19(18(23)15(3)28-22)29-21(24)16-8-6-5-7-9-16/h5-13,15,18-20,22-23H,4H2,1-3H3/t15-,18-,19+,20+,22-/m0/s1. The topological polar surface area (TPSA) is 108 Å². The predicted octanol–water partition coefficient (Wildman–Crippen LogP) is 2.44. The van der Waals surface area contributed by atoms with Gasteiger partial charge in [0.05, 0.1) is 16.6 Å². The van der Waals surface area contributed by atoms with E-state index in [1.807, 2.05) is 6.92 Å². The van der Waals surface area contributed by atoms with Crippen LogP contribution in [0.2, 0.25) is 0 Å². The lowest BCUT2D eigenvalue weighted by Crippen LogP contribution is -2.60. The number of aliphatic hydroxyl groups excluding tert-OH is 1. The summed E-state index contributed by atoms with van der Waals surface area (Å²) in [5.74, 6) is -0.727. The molecule has 31 heavy (non-hydrogen) atoms. The van der Waals surface area contributed by atoms with Gasteiger partial charge in [-0.2, -0.15) is 8.42 Å². The Morgan fingerprint density at radius 2 is 1.71 bits per heavy atom. The summed E-state index contributed by atoms with van der Waals surface area (Å²) < 4.78 is 47.9. The number of aryl methyl sites for hydroxylation is 1. The second-order valence-corrected chi connectivity index (χ2v) is 8.79. The van der Waals surface area contributed by atoms with Gasteiger partial charge < -0.3 is 19.3 Å². The number of hydrogen-bond donors (Lipinski definition) is 1. The van der Waals surface area contributed by atoms with E-state index in [9.17, 15) is 18.3 Å². The molecule has 2 aromatic rings. The van der Waals surface area contributed by atoms with Gasteiger partial charge in [0, 0.05) is 6.61 Å². The van der Waals surface area contributed by atoms with Gasteiger partial charge in [0.1, 0.15) is 6.10 Å². The molecule has 2 aromatic carbocycles. The molecule has 0 radical (unpaired) electrons. The van der Waals surface area contributed by atoms with Gasteiger partial charge in [-0.3, -0.25) is 4.18 Å². The molecule has 168 valence electrons. The van der Waals surface area contributed by atoms with Crippen LogP contribution in [0.15, 0.2) is 59.5 Å². The van der Waals surface area contributed by atoms with Gasteiger partial charge in [0.2, 0.25) is 0 Å². The molecular formula is C22H26O8S. The van der Waals surface area contributed by atoms with Crippen LogP contribution in [-0.4, -0.2) is 56.8 Å². The van der Waals surface area contributed by atoms with E-state index in [4.69, 9.17) is 18.4 Å². The summed E-state index contributed by atoms with van der Waals surface area (Å²) in [6.45, 7) is 5.30. The molecule has 0 amide bonds. The van der Waals surface area contributed by atoms with Gasteiger partial charge in [0.25, 0.3) is 10.1 Å². The maximum atomic E-state index is 12.9. The Morgan fingerprint density at radius 3 is 2.32 bits per heavy atom. The molecule has 0 aliphatic carbocycles. The molecule has 1 saturated heterocycles. The number of benzene rings is 2. The lowest BCUT2D eigenvalue weighted by Gasteiger charge is -2.42. The fourth-order valence-electron chi connectivity index (χ4n) is 3.19.